The van der Waals surface area contributed by atoms with Gasteiger partial charge in [-0.1, -0.05) is 88.4 Å². The number of nitrogens with one attached hydrogen (secondary N) is 6. The quantitative estimate of drug-likeness (QED) is 0.0461. The Hall–Kier alpha value is -5.43. The van der Waals surface area contributed by atoms with Crippen molar-refractivity contribution in [2.45, 2.75) is 141 Å². The fourth-order valence-corrected chi connectivity index (χ4v) is 6.96. The van der Waals surface area contributed by atoms with E-state index in [1.54, 1.807) is 0 Å². The molecule has 356 valence electrons. The van der Waals surface area contributed by atoms with Gasteiger partial charge < -0.3 is 59.9 Å². The lowest BCUT2D eigenvalue weighted by molar-refractivity contribution is -0.142. The fraction of sp³-hybridized carbons (Fsp3) is 0.587. The third-order valence-electron chi connectivity index (χ3n) is 10.4. The molecule has 7 atom stereocenters. The SMILES string of the molecule is CC(C)C[C@@H](N)C(=O)N[C@H](CCCN)C(=O)N[C@H](CCCCNC(=O)[C@@H](CCCN)NC(=O)[C@@H](CC(C)C)NC(=O)C(Cc1ccccc1)NC(=O)[C@H](N)Cc1ccccc1)C(=O)O. The Morgan fingerprint density at radius 1 is 0.484 bits per heavy atom. The summed E-state index contributed by atoms with van der Waals surface area (Å²) in [5.74, 6) is -4.52. The van der Waals surface area contributed by atoms with E-state index in [-0.39, 0.29) is 70.0 Å². The van der Waals surface area contributed by atoms with Gasteiger partial charge in [-0.3, -0.25) is 28.8 Å². The van der Waals surface area contributed by atoms with Crippen molar-refractivity contribution in [3.63, 3.8) is 0 Å². The van der Waals surface area contributed by atoms with Gasteiger partial charge in [-0.15, -0.1) is 0 Å². The molecule has 0 aliphatic heterocycles. The molecule has 0 saturated heterocycles. The highest BCUT2D eigenvalue weighted by Gasteiger charge is 2.32. The molecule has 18 heteroatoms. The maximum atomic E-state index is 13.9. The number of aliphatic carboxylic acids is 1. The molecule has 0 spiro atoms. The minimum atomic E-state index is -1.26. The number of amides is 6. The molecule has 0 radical (unpaired) electrons. The summed E-state index contributed by atoms with van der Waals surface area (Å²) >= 11 is 0. The van der Waals surface area contributed by atoms with Crippen LogP contribution in [0.3, 0.4) is 0 Å². The van der Waals surface area contributed by atoms with E-state index in [1.165, 1.54) is 0 Å². The topological polar surface area (TPSA) is 316 Å². The van der Waals surface area contributed by atoms with Crippen LogP contribution in [0, 0.1) is 11.8 Å². The average molecular weight is 895 g/mol. The molecule has 2 aromatic carbocycles. The molecule has 2 rings (SSSR count). The van der Waals surface area contributed by atoms with Crippen LogP contribution in [-0.4, -0.2) is 108 Å². The molecule has 15 N–H and O–H groups in total. The molecule has 6 amide bonds. The van der Waals surface area contributed by atoms with Crippen LogP contribution in [0.5, 0.6) is 0 Å². The number of carbonyl (C=O) groups is 7. The number of carbonyl (C=O) groups excluding carboxylic acids is 6. The van der Waals surface area contributed by atoms with Crippen molar-refractivity contribution in [2.75, 3.05) is 19.6 Å². The first-order chi connectivity index (χ1) is 30.4. The van der Waals surface area contributed by atoms with Crippen molar-refractivity contribution in [2.24, 2.45) is 34.8 Å². The second kappa shape index (κ2) is 29.8. The number of carboxylic acids is 1. The van der Waals surface area contributed by atoms with Gasteiger partial charge in [-0.2, -0.15) is 0 Å². The average Bonchev–Trinajstić information content (AvgIpc) is 3.25. The molecule has 0 bridgehead atoms. The van der Waals surface area contributed by atoms with E-state index in [1.807, 2.05) is 88.4 Å². The highest BCUT2D eigenvalue weighted by atomic mass is 16.4. The second-order valence-electron chi connectivity index (χ2n) is 17.1. The molecule has 1 unspecified atom stereocenters. The highest BCUT2D eigenvalue weighted by Crippen LogP contribution is 2.11. The normalized spacial score (nSPS) is 14.5. The molecule has 0 fully saturated rings. The highest BCUT2D eigenvalue weighted by molar-refractivity contribution is 5.95. The van der Waals surface area contributed by atoms with Crippen LogP contribution < -0.4 is 54.8 Å². The summed E-state index contributed by atoms with van der Waals surface area (Å²) in [7, 11) is 0. The smallest absolute Gasteiger partial charge is 0.326 e. The van der Waals surface area contributed by atoms with E-state index in [9.17, 15) is 38.7 Å². The summed E-state index contributed by atoms with van der Waals surface area (Å²) < 4.78 is 0. The maximum absolute atomic E-state index is 13.9. The van der Waals surface area contributed by atoms with Crippen LogP contribution in [0.2, 0.25) is 0 Å². The van der Waals surface area contributed by atoms with E-state index in [4.69, 9.17) is 22.9 Å². The molecule has 2 aromatic rings. The van der Waals surface area contributed by atoms with Gasteiger partial charge in [0.05, 0.1) is 12.1 Å². The third kappa shape index (κ3) is 21.3. The lowest BCUT2D eigenvalue weighted by Gasteiger charge is -2.27. The van der Waals surface area contributed by atoms with Crippen LogP contribution in [0.15, 0.2) is 60.7 Å². The molecule has 64 heavy (non-hydrogen) atoms. The lowest BCUT2D eigenvalue weighted by atomic mass is 10.00. The van der Waals surface area contributed by atoms with E-state index >= 15 is 0 Å². The van der Waals surface area contributed by atoms with Gasteiger partial charge in [0, 0.05) is 13.0 Å². The Kier molecular flexibility index (Phi) is 25.5. The van der Waals surface area contributed by atoms with Gasteiger partial charge in [0.25, 0.3) is 0 Å². The first kappa shape index (κ1) is 54.7. The van der Waals surface area contributed by atoms with Crippen molar-refractivity contribution >= 4 is 41.4 Å². The zero-order valence-corrected chi connectivity index (χ0v) is 38.0. The van der Waals surface area contributed by atoms with Gasteiger partial charge in [-0.05, 0) is 100 Å². The van der Waals surface area contributed by atoms with Crippen molar-refractivity contribution in [1.29, 1.82) is 0 Å². The number of benzene rings is 2. The van der Waals surface area contributed by atoms with Crippen LogP contribution in [0.1, 0.15) is 96.6 Å². The van der Waals surface area contributed by atoms with E-state index in [0.717, 1.165) is 11.1 Å². The van der Waals surface area contributed by atoms with Crippen molar-refractivity contribution in [3.05, 3.63) is 71.8 Å². The molecule has 0 aromatic heterocycles. The summed E-state index contributed by atoms with van der Waals surface area (Å²) in [6.07, 6.45) is 2.94. The predicted molar refractivity (Wildman–Crippen MR) is 246 cm³/mol. The summed E-state index contributed by atoms with van der Waals surface area (Å²) in [5, 5.41) is 26.2. The second-order valence-corrected chi connectivity index (χ2v) is 17.1. The van der Waals surface area contributed by atoms with Crippen molar-refractivity contribution < 1.29 is 38.7 Å². The Labute approximate surface area is 377 Å². The number of unbranched alkanes of at least 4 members (excludes halogenated alkanes) is 1. The van der Waals surface area contributed by atoms with Gasteiger partial charge in [0.1, 0.15) is 30.2 Å². The standard InChI is InChI=1S/C46H74N10O8/c1-29(2)25-33(49)40(57)52-36(21-14-23-48)43(60)54-37(46(63)64)19-11-12-24-51-42(59)35(20-13-22-47)53-44(61)38(26-30(3)4)56-45(62)39(28-32-17-9-6-10-18-32)55-41(58)34(50)27-31-15-7-5-8-16-31/h5-10,15-18,29-30,33-39H,11-14,19-28,47-50H2,1-4H3,(H,51,59)(H,52,57)(H,53,61)(H,54,60)(H,55,58)(H,56,62)(H,63,64)/t33-,34-,35-,36-,37-,38-,39?/m1/s1. The number of carboxylic acid groups (broad SMARTS) is 1. The van der Waals surface area contributed by atoms with Crippen molar-refractivity contribution in [3.8, 4) is 0 Å². The predicted octanol–water partition coefficient (Wildman–Crippen LogP) is 0.491. The Morgan fingerprint density at radius 2 is 0.906 bits per heavy atom. The molecular formula is C46H74N10O8. The Balaban J connectivity index is 2.08. The summed E-state index contributed by atoms with van der Waals surface area (Å²) in [4.78, 5) is 92.6. The van der Waals surface area contributed by atoms with Crippen molar-refractivity contribution in [1.82, 2.24) is 31.9 Å². The van der Waals surface area contributed by atoms with Crippen LogP contribution >= 0.6 is 0 Å². The largest absolute Gasteiger partial charge is 0.480 e. The molecule has 0 saturated carbocycles. The minimum Gasteiger partial charge on any atom is -0.480 e. The van der Waals surface area contributed by atoms with Gasteiger partial charge in [0.15, 0.2) is 0 Å². The number of rotatable bonds is 31. The molecule has 0 aliphatic rings. The first-order valence-corrected chi connectivity index (χ1v) is 22.5. The Bertz CT molecular complexity index is 1750. The van der Waals surface area contributed by atoms with Gasteiger partial charge in [-0.25, -0.2) is 4.79 Å². The fourth-order valence-electron chi connectivity index (χ4n) is 6.96. The maximum Gasteiger partial charge on any atom is 0.326 e. The summed E-state index contributed by atoms with van der Waals surface area (Å²) in [6.45, 7) is 8.26. The van der Waals surface area contributed by atoms with Crippen LogP contribution in [-0.2, 0) is 46.4 Å². The minimum absolute atomic E-state index is 0.0377. The monoisotopic (exact) mass is 895 g/mol. The molecular weight excluding hydrogens is 821 g/mol. The lowest BCUT2D eigenvalue weighted by Crippen LogP contribution is -2.58. The summed E-state index contributed by atoms with van der Waals surface area (Å²) in [5.41, 5.74) is 25.3. The van der Waals surface area contributed by atoms with E-state index in [0.29, 0.717) is 32.1 Å². The third-order valence-corrected chi connectivity index (χ3v) is 10.4. The van der Waals surface area contributed by atoms with Crippen LogP contribution in [0.25, 0.3) is 0 Å². The zero-order valence-electron chi connectivity index (χ0n) is 38.0. The van der Waals surface area contributed by atoms with Gasteiger partial charge >= 0.3 is 5.97 Å². The molecule has 0 aliphatic carbocycles. The number of nitrogens with two attached hydrogens (primary N) is 4. The summed E-state index contributed by atoms with van der Waals surface area (Å²) in [6, 6.07) is 11.2. The zero-order chi connectivity index (χ0) is 47.6. The van der Waals surface area contributed by atoms with E-state index < -0.39 is 83.7 Å². The Morgan fingerprint density at radius 3 is 1.44 bits per heavy atom. The van der Waals surface area contributed by atoms with Gasteiger partial charge in [0.2, 0.25) is 35.4 Å². The van der Waals surface area contributed by atoms with Crippen LogP contribution in [0.4, 0.5) is 0 Å². The van der Waals surface area contributed by atoms with E-state index in [2.05, 4.69) is 31.9 Å². The number of hydrogen-bond acceptors (Lipinski definition) is 11. The molecule has 18 nitrogen and oxygen atoms in total. The number of hydrogen-bond donors (Lipinski definition) is 11. The first-order valence-electron chi connectivity index (χ1n) is 22.5. The molecule has 0 heterocycles.